The van der Waals surface area contributed by atoms with Crippen molar-refractivity contribution in [1.82, 2.24) is 0 Å². The van der Waals surface area contributed by atoms with E-state index in [0.717, 1.165) is 0 Å². The van der Waals surface area contributed by atoms with E-state index in [4.69, 9.17) is 14.2 Å². The topological polar surface area (TPSA) is 78.9 Å². The minimum atomic E-state index is -1.07. The molecule has 106 valence electrons. The van der Waals surface area contributed by atoms with Gasteiger partial charge >= 0.3 is 17.9 Å². The number of hydrogen-bond donors (Lipinski definition) is 0. The van der Waals surface area contributed by atoms with E-state index in [1.165, 1.54) is 6.92 Å². The Morgan fingerprint density at radius 1 is 1.47 bits per heavy atom. The molecule has 2 atom stereocenters. The van der Waals surface area contributed by atoms with Gasteiger partial charge in [0.2, 0.25) is 12.2 Å². The molecule has 0 amide bonds. The van der Waals surface area contributed by atoms with Gasteiger partial charge in [0.1, 0.15) is 0 Å². The summed E-state index contributed by atoms with van der Waals surface area (Å²) >= 11 is 0. The largest absolute Gasteiger partial charge is 0.463 e. The molecule has 1 fully saturated rings. The summed E-state index contributed by atoms with van der Waals surface area (Å²) in [5.41, 5.74) is 0.179. The molecule has 1 rings (SSSR count). The van der Waals surface area contributed by atoms with Crippen molar-refractivity contribution in [3.63, 3.8) is 0 Å². The third-order valence-electron chi connectivity index (χ3n) is 2.37. The maximum Gasteiger partial charge on any atom is 0.348 e. The molecule has 0 radical (unpaired) electrons. The third-order valence-corrected chi connectivity index (χ3v) is 2.37. The first-order valence-electron chi connectivity index (χ1n) is 6.05. The molecule has 0 aromatic rings. The monoisotopic (exact) mass is 270 g/mol. The van der Waals surface area contributed by atoms with Crippen LogP contribution in [0.2, 0.25) is 0 Å². The maximum absolute atomic E-state index is 11.6. The standard InChI is InChI=1S/C13H18O6/c1-7(2)6-17-12(15)9-5-10(13(16)19-9)18-11(14)8(3)4/h7,9-10H,3,5-6H2,1-2,4H3. The normalized spacial score (nSPS) is 22.0. The second kappa shape index (κ2) is 6.36. The van der Waals surface area contributed by atoms with Gasteiger partial charge in [-0.15, -0.1) is 0 Å². The van der Waals surface area contributed by atoms with Crippen molar-refractivity contribution in [2.75, 3.05) is 6.61 Å². The highest BCUT2D eigenvalue weighted by Gasteiger charge is 2.42. The van der Waals surface area contributed by atoms with Crippen LogP contribution in [0.25, 0.3) is 0 Å². The number of ether oxygens (including phenoxy) is 3. The highest BCUT2D eigenvalue weighted by Crippen LogP contribution is 2.20. The smallest absolute Gasteiger partial charge is 0.348 e. The van der Waals surface area contributed by atoms with E-state index in [-0.39, 0.29) is 24.5 Å². The van der Waals surface area contributed by atoms with Crippen molar-refractivity contribution in [2.45, 2.75) is 39.4 Å². The van der Waals surface area contributed by atoms with Gasteiger partial charge in [0.15, 0.2) is 0 Å². The lowest BCUT2D eigenvalue weighted by molar-refractivity contribution is -0.165. The lowest BCUT2D eigenvalue weighted by atomic mass is 10.2. The molecule has 1 aliphatic heterocycles. The SMILES string of the molecule is C=C(C)C(=O)OC1CC(C(=O)OCC(C)C)OC1=O. The highest BCUT2D eigenvalue weighted by molar-refractivity contribution is 5.91. The van der Waals surface area contributed by atoms with E-state index in [9.17, 15) is 14.4 Å². The number of cyclic esters (lactones) is 1. The Kier molecular flexibility index (Phi) is 5.09. The highest BCUT2D eigenvalue weighted by atomic mass is 16.6. The second-order valence-corrected chi connectivity index (χ2v) is 4.86. The van der Waals surface area contributed by atoms with Crippen LogP contribution in [0.3, 0.4) is 0 Å². The molecule has 0 N–H and O–H groups in total. The second-order valence-electron chi connectivity index (χ2n) is 4.86. The summed E-state index contributed by atoms with van der Waals surface area (Å²) < 4.78 is 14.7. The van der Waals surface area contributed by atoms with Gasteiger partial charge in [-0.2, -0.15) is 0 Å². The minimum Gasteiger partial charge on any atom is -0.463 e. The summed E-state index contributed by atoms with van der Waals surface area (Å²) in [5.74, 6) is -1.84. The fourth-order valence-electron chi connectivity index (χ4n) is 1.37. The fourth-order valence-corrected chi connectivity index (χ4v) is 1.37. The van der Waals surface area contributed by atoms with Crippen LogP contribution in [0.4, 0.5) is 0 Å². The fraction of sp³-hybridized carbons (Fsp3) is 0.615. The third kappa shape index (κ3) is 4.39. The lowest BCUT2D eigenvalue weighted by Gasteiger charge is -2.10. The summed E-state index contributed by atoms with van der Waals surface area (Å²) in [6.45, 7) is 8.92. The van der Waals surface area contributed by atoms with Gasteiger partial charge in [0.25, 0.3) is 0 Å². The van der Waals surface area contributed by atoms with Gasteiger partial charge in [0, 0.05) is 12.0 Å². The molecule has 0 saturated carbocycles. The molecule has 1 aliphatic rings. The van der Waals surface area contributed by atoms with Crippen LogP contribution < -0.4 is 0 Å². The molecule has 6 heteroatoms. The van der Waals surface area contributed by atoms with E-state index in [0.29, 0.717) is 0 Å². The van der Waals surface area contributed by atoms with Crippen LogP contribution in [-0.4, -0.2) is 36.7 Å². The summed E-state index contributed by atoms with van der Waals surface area (Å²) in [4.78, 5) is 34.3. The minimum absolute atomic E-state index is 0.0191. The quantitative estimate of drug-likeness (QED) is 0.421. The number of hydrogen-bond acceptors (Lipinski definition) is 6. The predicted molar refractivity (Wildman–Crippen MR) is 65.0 cm³/mol. The van der Waals surface area contributed by atoms with Crippen molar-refractivity contribution < 1.29 is 28.6 Å². The van der Waals surface area contributed by atoms with E-state index >= 15 is 0 Å². The van der Waals surface area contributed by atoms with Gasteiger partial charge < -0.3 is 14.2 Å². The molecule has 19 heavy (non-hydrogen) atoms. The molecule has 0 aromatic heterocycles. The van der Waals surface area contributed by atoms with Crippen LogP contribution in [-0.2, 0) is 28.6 Å². The van der Waals surface area contributed by atoms with Crippen molar-refractivity contribution in [3.05, 3.63) is 12.2 Å². The average molecular weight is 270 g/mol. The van der Waals surface area contributed by atoms with E-state index in [1.807, 2.05) is 13.8 Å². The summed E-state index contributed by atoms with van der Waals surface area (Å²) in [5, 5.41) is 0. The summed E-state index contributed by atoms with van der Waals surface area (Å²) in [6, 6.07) is 0. The Morgan fingerprint density at radius 3 is 2.63 bits per heavy atom. The van der Waals surface area contributed by atoms with E-state index < -0.39 is 30.1 Å². The lowest BCUT2D eigenvalue weighted by Crippen LogP contribution is -2.25. The van der Waals surface area contributed by atoms with E-state index in [2.05, 4.69) is 6.58 Å². The Balaban J connectivity index is 2.50. The van der Waals surface area contributed by atoms with Crippen LogP contribution in [0, 0.1) is 5.92 Å². The van der Waals surface area contributed by atoms with Crippen LogP contribution in [0.1, 0.15) is 27.2 Å². The maximum atomic E-state index is 11.6. The zero-order valence-corrected chi connectivity index (χ0v) is 11.3. The first-order chi connectivity index (χ1) is 8.81. The predicted octanol–water partition coefficient (Wildman–Crippen LogP) is 0.989. The number of esters is 3. The van der Waals surface area contributed by atoms with Gasteiger partial charge in [-0.05, 0) is 12.8 Å². The summed E-state index contributed by atoms with van der Waals surface area (Å²) in [7, 11) is 0. The summed E-state index contributed by atoms with van der Waals surface area (Å²) in [6.07, 6.45) is -2.09. The Bertz CT molecular complexity index is 398. The first kappa shape index (κ1) is 15.2. The number of carbonyl (C=O) groups excluding carboxylic acids is 3. The zero-order valence-electron chi connectivity index (χ0n) is 11.3. The number of carbonyl (C=O) groups is 3. The number of rotatable bonds is 5. The van der Waals surface area contributed by atoms with Gasteiger partial charge in [0.05, 0.1) is 6.61 Å². The van der Waals surface area contributed by atoms with Crippen molar-refractivity contribution in [3.8, 4) is 0 Å². The molecule has 1 heterocycles. The van der Waals surface area contributed by atoms with Crippen molar-refractivity contribution >= 4 is 17.9 Å². The molecule has 6 nitrogen and oxygen atoms in total. The molecule has 0 spiro atoms. The van der Waals surface area contributed by atoms with Crippen molar-refractivity contribution in [1.29, 1.82) is 0 Å². The molecular weight excluding hydrogens is 252 g/mol. The molecule has 0 aliphatic carbocycles. The van der Waals surface area contributed by atoms with Crippen LogP contribution >= 0.6 is 0 Å². The van der Waals surface area contributed by atoms with Crippen molar-refractivity contribution in [2.24, 2.45) is 5.92 Å². The van der Waals surface area contributed by atoms with Gasteiger partial charge in [-0.3, -0.25) is 0 Å². The Labute approximate surface area is 111 Å². The first-order valence-corrected chi connectivity index (χ1v) is 6.05. The Hall–Kier alpha value is -1.85. The zero-order chi connectivity index (χ0) is 14.6. The molecule has 0 bridgehead atoms. The van der Waals surface area contributed by atoms with Crippen LogP contribution in [0.5, 0.6) is 0 Å². The van der Waals surface area contributed by atoms with E-state index in [1.54, 1.807) is 0 Å². The van der Waals surface area contributed by atoms with Crippen LogP contribution in [0.15, 0.2) is 12.2 Å². The van der Waals surface area contributed by atoms with Gasteiger partial charge in [-0.1, -0.05) is 20.4 Å². The molecule has 0 aromatic carbocycles. The molecule has 2 unspecified atom stereocenters. The van der Waals surface area contributed by atoms with Gasteiger partial charge in [-0.25, -0.2) is 14.4 Å². The molecular formula is C13H18O6. The average Bonchev–Trinajstić information content (AvgIpc) is 2.67. The Morgan fingerprint density at radius 2 is 2.11 bits per heavy atom. The molecule has 1 saturated heterocycles.